The van der Waals surface area contributed by atoms with Crippen LogP contribution < -0.4 is 5.73 Å². The number of alkyl halides is 3. The molecule has 0 saturated heterocycles. The summed E-state index contributed by atoms with van der Waals surface area (Å²) in [5.74, 6) is -0.412. The summed E-state index contributed by atoms with van der Waals surface area (Å²) in [5, 5.41) is 0. The fraction of sp³-hybridized carbons (Fsp3) is 0.200. The Morgan fingerprint density at radius 3 is 2.44 bits per heavy atom. The molecule has 2 N–H and O–H groups in total. The minimum atomic E-state index is -4.42. The van der Waals surface area contributed by atoms with Crippen LogP contribution in [0.25, 0.3) is 5.57 Å². The van der Waals surface area contributed by atoms with Crippen molar-refractivity contribution in [2.75, 3.05) is 0 Å². The minimum Gasteiger partial charge on any atom is -0.402 e. The van der Waals surface area contributed by atoms with Gasteiger partial charge in [-0.1, -0.05) is 30.3 Å². The van der Waals surface area contributed by atoms with Crippen molar-refractivity contribution < 1.29 is 17.6 Å². The van der Waals surface area contributed by atoms with Crippen LogP contribution >= 0.6 is 0 Å². The predicted octanol–water partition coefficient (Wildman–Crippen LogP) is 5.64. The van der Waals surface area contributed by atoms with Crippen LogP contribution in [0, 0.1) is 12.7 Å². The van der Waals surface area contributed by atoms with E-state index in [4.69, 9.17) is 5.73 Å². The number of aryl methyl sites for hydroxylation is 1. The standard InChI is InChI=1S/C20H19F4N/c1-13-7-10-17(21)12-18(13)16(11-14(2)25)9-8-15-5-3-4-6-19(15)20(22,23)24/h3-7,9-12H,8,25H2,1-2H3/b14-11-,16-9+. The van der Waals surface area contributed by atoms with Crippen molar-refractivity contribution in [2.45, 2.75) is 26.4 Å². The molecule has 0 fully saturated rings. The SMILES string of the molecule is C/C(N)=C/C(=C\Cc1ccccc1C(F)(F)F)c1cc(F)ccc1C. The van der Waals surface area contributed by atoms with E-state index in [9.17, 15) is 17.6 Å². The zero-order chi connectivity index (χ0) is 18.6. The van der Waals surface area contributed by atoms with E-state index in [2.05, 4.69) is 0 Å². The molecule has 0 aliphatic rings. The highest BCUT2D eigenvalue weighted by molar-refractivity contribution is 5.76. The molecule has 0 saturated carbocycles. The van der Waals surface area contributed by atoms with Crippen molar-refractivity contribution in [3.05, 3.63) is 88.4 Å². The van der Waals surface area contributed by atoms with Crippen LogP contribution in [-0.2, 0) is 12.6 Å². The minimum absolute atomic E-state index is 0.0603. The van der Waals surface area contributed by atoms with Crippen molar-refractivity contribution in [1.29, 1.82) is 0 Å². The molecule has 0 amide bonds. The van der Waals surface area contributed by atoms with E-state index in [1.54, 1.807) is 31.2 Å². The number of hydrogen-bond donors (Lipinski definition) is 1. The van der Waals surface area contributed by atoms with Gasteiger partial charge in [-0.25, -0.2) is 4.39 Å². The Morgan fingerprint density at radius 1 is 1.12 bits per heavy atom. The average molecular weight is 349 g/mol. The molecule has 0 aromatic heterocycles. The lowest BCUT2D eigenvalue weighted by Crippen LogP contribution is -2.08. The normalized spacial score (nSPS) is 13.2. The highest BCUT2D eigenvalue weighted by Gasteiger charge is 2.32. The maximum atomic E-state index is 13.6. The number of allylic oxidation sites excluding steroid dienone is 4. The van der Waals surface area contributed by atoms with Crippen molar-refractivity contribution >= 4 is 5.57 Å². The first-order valence-corrected chi connectivity index (χ1v) is 7.74. The quantitative estimate of drug-likeness (QED) is 0.561. The van der Waals surface area contributed by atoms with Gasteiger partial charge in [-0.15, -0.1) is 0 Å². The number of nitrogens with two attached hydrogens (primary N) is 1. The summed E-state index contributed by atoms with van der Waals surface area (Å²) < 4.78 is 53.0. The van der Waals surface area contributed by atoms with E-state index in [0.29, 0.717) is 16.8 Å². The van der Waals surface area contributed by atoms with Gasteiger partial charge in [-0.05, 0) is 66.8 Å². The summed E-state index contributed by atoms with van der Waals surface area (Å²) in [7, 11) is 0. The Bertz CT molecular complexity index is 813. The van der Waals surface area contributed by atoms with E-state index >= 15 is 0 Å². The average Bonchev–Trinajstić information content (AvgIpc) is 2.53. The maximum absolute atomic E-state index is 13.6. The fourth-order valence-electron chi connectivity index (χ4n) is 2.59. The van der Waals surface area contributed by atoms with Gasteiger partial charge in [0, 0.05) is 5.70 Å². The number of benzene rings is 2. The van der Waals surface area contributed by atoms with Crippen LogP contribution in [0.4, 0.5) is 17.6 Å². The van der Waals surface area contributed by atoms with Crippen LogP contribution in [0.5, 0.6) is 0 Å². The second-order valence-electron chi connectivity index (χ2n) is 5.87. The lowest BCUT2D eigenvalue weighted by molar-refractivity contribution is -0.138. The molecule has 0 aliphatic heterocycles. The van der Waals surface area contributed by atoms with Crippen molar-refractivity contribution in [3.63, 3.8) is 0 Å². The Balaban J connectivity index is 2.48. The van der Waals surface area contributed by atoms with Crippen LogP contribution in [-0.4, -0.2) is 0 Å². The van der Waals surface area contributed by atoms with Gasteiger partial charge in [0.25, 0.3) is 0 Å². The van der Waals surface area contributed by atoms with Gasteiger partial charge in [0.15, 0.2) is 0 Å². The largest absolute Gasteiger partial charge is 0.416 e. The maximum Gasteiger partial charge on any atom is 0.416 e. The molecule has 2 aromatic carbocycles. The second kappa shape index (κ2) is 7.55. The molecule has 1 nitrogen and oxygen atoms in total. The molecule has 0 aliphatic carbocycles. The van der Waals surface area contributed by atoms with Crippen LogP contribution in [0.2, 0.25) is 0 Å². The molecular formula is C20H19F4N. The van der Waals surface area contributed by atoms with Gasteiger partial charge in [0.1, 0.15) is 5.82 Å². The molecule has 2 aromatic rings. The van der Waals surface area contributed by atoms with Crippen LogP contribution in [0.3, 0.4) is 0 Å². The van der Waals surface area contributed by atoms with Gasteiger partial charge in [-0.3, -0.25) is 0 Å². The second-order valence-corrected chi connectivity index (χ2v) is 5.87. The van der Waals surface area contributed by atoms with E-state index in [-0.39, 0.29) is 12.0 Å². The predicted molar refractivity (Wildman–Crippen MR) is 92.2 cm³/mol. The van der Waals surface area contributed by atoms with Gasteiger partial charge in [0.2, 0.25) is 0 Å². The van der Waals surface area contributed by atoms with E-state index in [0.717, 1.165) is 11.6 Å². The molecule has 132 valence electrons. The molecule has 0 radical (unpaired) electrons. The monoisotopic (exact) mass is 349 g/mol. The van der Waals surface area contributed by atoms with Crippen LogP contribution in [0.15, 0.2) is 60.3 Å². The highest BCUT2D eigenvalue weighted by Crippen LogP contribution is 2.32. The third-order valence-electron chi connectivity index (χ3n) is 3.76. The van der Waals surface area contributed by atoms with Crippen molar-refractivity contribution in [1.82, 2.24) is 0 Å². The Hall–Kier alpha value is -2.56. The first-order valence-electron chi connectivity index (χ1n) is 7.74. The van der Waals surface area contributed by atoms with E-state index < -0.39 is 17.6 Å². The Morgan fingerprint density at radius 2 is 1.80 bits per heavy atom. The lowest BCUT2D eigenvalue weighted by atomic mass is 9.96. The molecule has 0 unspecified atom stereocenters. The summed E-state index contributed by atoms with van der Waals surface area (Å²) in [6.45, 7) is 3.48. The van der Waals surface area contributed by atoms with Gasteiger partial charge < -0.3 is 5.73 Å². The van der Waals surface area contributed by atoms with E-state index in [1.807, 2.05) is 6.92 Å². The summed E-state index contributed by atoms with van der Waals surface area (Å²) >= 11 is 0. The van der Waals surface area contributed by atoms with Gasteiger partial charge in [-0.2, -0.15) is 13.2 Å². The summed E-state index contributed by atoms with van der Waals surface area (Å²) in [4.78, 5) is 0. The van der Waals surface area contributed by atoms with Crippen LogP contribution in [0.1, 0.15) is 29.2 Å². The highest BCUT2D eigenvalue weighted by atomic mass is 19.4. The van der Waals surface area contributed by atoms with Crippen molar-refractivity contribution in [3.8, 4) is 0 Å². The summed E-state index contributed by atoms with van der Waals surface area (Å²) in [5.41, 5.74) is 7.72. The molecule has 0 heterocycles. The third kappa shape index (κ3) is 4.95. The Kier molecular flexibility index (Phi) is 5.67. The Labute approximate surface area is 144 Å². The topological polar surface area (TPSA) is 26.0 Å². The number of rotatable bonds is 4. The summed E-state index contributed by atoms with van der Waals surface area (Å²) in [6.07, 6.45) is -1.08. The molecule has 0 spiro atoms. The molecule has 25 heavy (non-hydrogen) atoms. The molecule has 2 rings (SSSR count). The van der Waals surface area contributed by atoms with E-state index in [1.165, 1.54) is 24.3 Å². The first kappa shape index (κ1) is 18.8. The van der Waals surface area contributed by atoms with Gasteiger partial charge >= 0.3 is 6.18 Å². The fourth-order valence-corrected chi connectivity index (χ4v) is 2.59. The molecule has 0 bridgehead atoms. The lowest BCUT2D eigenvalue weighted by Gasteiger charge is -2.13. The first-order chi connectivity index (χ1) is 11.7. The zero-order valence-corrected chi connectivity index (χ0v) is 14.0. The number of halogens is 4. The van der Waals surface area contributed by atoms with Gasteiger partial charge in [0.05, 0.1) is 5.56 Å². The molecule has 0 atom stereocenters. The molecule has 5 heteroatoms. The third-order valence-corrected chi connectivity index (χ3v) is 3.76. The smallest absolute Gasteiger partial charge is 0.402 e. The summed E-state index contributed by atoms with van der Waals surface area (Å²) in [6, 6.07) is 9.74. The molecular weight excluding hydrogens is 330 g/mol. The number of hydrogen-bond acceptors (Lipinski definition) is 1. The zero-order valence-electron chi connectivity index (χ0n) is 14.0. The van der Waals surface area contributed by atoms with Crippen molar-refractivity contribution in [2.24, 2.45) is 5.73 Å².